The normalized spacial score (nSPS) is 12.0. The van der Waals surface area contributed by atoms with Crippen LogP contribution in [-0.2, 0) is 19.6 Å². The van der Waals surface area contributed by atoms with Crippen LogP contribution in [0.2, 0.25) is 0 Å². The van der Waals surface area contributed by atoms with Crippen LogP contribution in [0, 0.1) is 0 Å². The zero-order valence-corrected chi connectivity index (χ0v) is 16.2. The maximum atomic E-state index is 12.2. The third kappa shape index (κ3) is 6.04. The van der Waals surface area contributed by atoms with Gasteiger partial charge in [0.25, 0.3) is 5.91 Å². The number of esters is 1. The Labute approximate surface area is 164 Å². The van der Waals surface area contributed by atoms with E-state index >= 15 is 0 Å². The highest BCUT2D eigenvalue weighted by Gasteiger charge is 2.17. The summed E-state index contributed by atoms with van der Waals surface area (Å²) >= 11 is 0. The summed E-state index contributed by atoms with van der Waals surface area (Å²) in [4.78, 5) is 24.1. The molecular weight excluding hydrogens is 380 g/mol. The van der Waals surface area contributed by atoms with Gasteiger partial charge in [0, 0.05) is 6.54 Å². The molecule has 1 atom stereocenters. The molecule has 0 unspecified atom stereocenters. The zero-order valence-electron chi connectivity index (χ0n) is 15.4. The summed E-state index contributed by atoms with van der Waals surface area (Å²) in [6, 6.07) is 14.5. The van der Waals surface area contributed by atoms with Gasteiger partial charge in [0.1, 0.15) is 0 Å². The number of rotatable bonds is 9. The van der Waals surface area contributed by atoms with Gasteiger partial charge in [-0.15, -0.1) is 6.58 Å². The Morgan fingerprint density at radius 2 is 1.86 bits per heavy atom. The average Bonchev–Trinajstić information content (AvgIpc) is 2.71. The lowest BCUT2D eigenvalue weighted by Crippen LogP contribution is -2.31. The molecule has 0 spiro atoms. The number of amides is 1. The molecular formula is C20H22N2O5S. The van der Waals surface area contributed by atoms with Gasteiger partial charge in [-0.05, 0) is 30.7 Å². The Balaban J connectivity index is 1.95. The van der Waals surface area contributed by atoms with Crippen LogP contribution in [0.5, 0.6) is 0 Å². The van der Waals surface area contributed by atoms with Crippen molar-refractivity contribution < 1.29 is 22.7 Å². The summed E-state index contributed by atoms with van der Waals surface area (Å²) in [5.41, 5.74) is 0.956. The van der Waals surface area contributed by atoms with Crippen LogP contribution in [0.15, 0.2) is 72.1 Å². The molecule has 0 saturated heterocycles. The monoisotopic (exact) mass is 402 g/mol. The lowest BCUT2D eigenvalue weighted by Gasteiger charge is -2.14. The van der Waals surface area contributed by atoms with E-state index in [1.165, 1.54) is 30.3 Å². The average molecular weight is 402 g/mol. The summed E-state index contributed by atoms with van der Waals surface area (Å²) in [7, 11) is -3.76. The fourth-order valence-electron chi connectivity index (χ4n) is 2.36. The first kappa shape index (κ1) is 21.3. The first-order valence-electron chi connectivity index (χ1n) is 8.55. The second-order valence-corrected chi connectivity index (χ2v) is 7.71. The highest BCUT2D eigenvalue weighted by molar-refractivity contribution is 7.89. The summed E-state index contributed by atoms with van der Waals surface area (Å²) < 4.78 is 31.5. The molecule has 0 bridgehead atoms. The number of hydrogen-bond donors (Lipinski definition) is 2. The molecule has 0 aliphatic carbocycles. The predicted molar refractivity (Wildman–Crippen MR) is 105 cm³/mol. The van der Waals surface area contributed by atoms with Crippen LogP contribution in [0.3, 0.4) is 0 Å². The van der Waals surface area contributed by atoms with E-state index in [1.807, 2.05) is 37.3 Å². The Hall–Kier alpha value is -2.97. The maximum absolute atomic E-state index is 12.2. The van der Waals surface area contributed by atoms with E-state index < -0.39 is 28.5 Å². The fraction of sp³-hybridized carbons (Fsp3) is 0.200. The van der Waals surface area contributed by atoms with Gasteiger partial charge < -0.3 is 10.1 Å². The molecule has 2 aromatic rings. The van der Waals surface area contributed by atoms with Gasteiger partial charge in [-0.2, -0.15) is 0 Å². The summed E-state index contributed by atoms with van der Waals surface area (Å²) in [5.74, 6) is -1.25. The number of benzene rings is 2. The molecule has 0 fully saturated rings. The molecule has 148 valence electrons. The van der Waals surface area contributed by atoms with Crippen molar-refractivity contribution in [1.29, 1.82) is 0 Å². The van der Waals surface area contributed by atoms with Crippen LogP contribution in [0.1, 0.15) is 28.9 Å². The molecule has 0 saturated carbocycles. The lowest BCUT2D eigenvalue weighted by atomic mass is 10.1. The highest BCUT2D eigenvalue weighted by Crippen LogP contribution is 2.13. The third-order valence-corrected chi connectivity index (χ3v) is 5.23. The quantitative estimate of drug-likeness (QED) is 0.495. The minimum atomic E-state index is -3.76. The van der Waals surface area contributed by atoms with Gasteiger partial charge in [0.05, 0.1) is 16.5 Å². The van der Waals surface area contributed by atoms with Gasteiger partial charge >= 0.3 is 5.97 Å². The highest BCUT2D eigenvalue weighted by atomic mass is 32.2. The van der Waals surface area contributed by atoms with E-state index in [9.17, 15) is 18.0 Å². The number of carbonyl (C=O) groups excluding carboxylic acids is 2. The zero-order chi connectivity index (χ0) is 20.6. The number of nitrogens with one attached hydrogen (secondary N) is 2. The maximum Gasteiger partial charge on any atom is 0.338 e. The van der Waals surface area contributed by atoms with Crippen molar-refractivity contribution in [2.75, 3.05) is 13.2 Å². The molecule has 2 N–H and O–H groups in total. The Kier molecular flexibility index (Phi) is 7.48. The van der Waals surface area contributed by atoms with Gasteiger partial charge in [-0.25, -0.2) is 17.9 Å². The van der Waals surface area contributed by atoms with E-state index in [0.717, 1.165) is 5.56 Å². The smallest absolute Gasteiger partial charge is 0.338 e. The van der Waals surface area contributed by atoms with Gasteiger partial charge in [0.2, 0.25) is 10.0 Å². The van der Waals surface area contributed by atoms with E-state index in [2.05, 4.69) is 16.6 Å². The predicted octanol–water partition coefficient (Wildman–Crippen LogP) is 2.19. The van der Waals surface area contributed by atoms with E-state index in [4.69, 9.17) is 4.74 Å². The first-order chi connectivity index (χ1) is 13.3. The summed E-state index contributed by atoms with van der Waals surface area (Å²) in [5, 5.41) is 2.73. The van der Waals surface area contributed by atoms with Crippen molar-refractivity contribution >= 4 is 21.9 Å². The van der Waals surface area contributed by atoms with Gasteiger partial charge in [-0.1, -0.05) is 42.5 Å². The Morgan fingerprint density at radius 3 is 2.54 bits per heavy atom. The van der Waals surface area contributed by atoms with Crippen molar-refractivity contribution in [2.45, 2.75) is 17.9 Å². The van der Waals surface area contributed by atoms with E-state index in [-0.39, 0.29) is 23.0 Å². The second-order valence-electron chi connectivity index (χ2n) is 5.94. The number of hydrogen-bond acceptors (Lipinski definition) is 5. The molecule has 2 rings (SSSR count). The van der Waals surface area contributed by atoms with Crippen molar-refractivity contribution in [2.24, 2.45) is 0 Å². The Morgan fingerprint density at radius 1 is 1.14 bits per heavy atom. The van der Waals surface area contributed by atoms with Crippen LogP contribution in [0.4, 0.5) is 0 Å². The number of ether oxygens (including phenoxy) is 1. The standard InChI is InChI=1S/C20H22N2O5S/c1-3-12-21-28(25,26)18-11-7-10-17(13-18)20(24)27-14-19(23)22-15(2)16-8-5-4-6-9-16/h3-11,13,15,21H,1,12,14H2,2H3,(H,22,23)/t15-/m1/s1. The first-order valence-corrected chi connectivity index (χ1v) is 10.0. The van der Waals surface area contributed by atoms with Crippen LogP contribution in [0.25, 0.3) is 0 Å². The van der Waals surface area contributed by atoms with Crippen LogP contribution >= 0.6 is 0 Å². The Bertz CT molecular complexity index is 942. The SMILES string of the molecule is C=CCNS(=O)(=O)c1cccc(C(=O)OCC(=O)N[C@H](C)c2ccccc2)c1. The molecule has 0 heterocycles. The van der Waals surface area contributed by atoms with Gasteiger partial charge in [-0.3, -0.25) is 4.79 Å². The van der Waals surface area contributed by atoms with E-state index in [0.29, 0.717) is 0 Å². The molecule has 0 aliphatic heterocycles. The van der Waals surface area contributed by atoms with Crippen molar-refractivity contribution in [3.8, 4) is 0 Å². The topological polar surface area (TPSA) is 102 Å². The molecule has 7 nitrogen and oxygen atoms in total. The molecule has 1 amide bonds. The van der Waals surface area contributed by atoms with Crippen molar-refractivity contribution in [3.05, 3.63) is 78.4 Å². The minimum Gasteiger partial charge on any atom is -0.452 e. The third-order valence-electron chi connectivity index (χ3n) is 3.81. The largest absolute Gasteiger partial charge is 0.452 e. The fourth-order valence-corrected chi connectivity index (χ4v) is 3.41. The second kappa shape index (κ2) is 9.82. The molecule has 8 heteroatoms. The van der Waals surface area contributed by atoms with Crippen LogP contribution < -0.4 is 10.0 Å². The van der Waals surface area contributed by atoms with Gasteiger partial charge in [0.15, 0.2) is 6.61 Å². The minimum absolute atomic E-state index is 0.0328. The number of carbonyl (C=O) groups is 2. The van der Waals surface area contributed by atoms with Crippen LogP contribution in [-0.4, -0.2) is 33.4 Å². The summed E-state index contributed by atoms with van der Waals surface area (Å²) in [6.07, 6.45) is 1.41. The lowest BCUT2D eigenvalue weighted by molar-refractivity contribution is -0.124. The molecule has 28 heavy (non-hydrogen) atoms. The molecule has 0 radical (unpaired) electrons. The molecule has 0 aliphatic rings. The van der Waals surface area contributed by atoms with E-state index in [1.54, 1.807) is 0 Å². The summed E-state index contributed by atoms with van der Waals surface area (Å²) in [6.45, 7) is 4.86. The molecule has 0 aromatic heterocycles. The number of sulfonamides is 1. The molecule has 2 aromatic carbocycles. The van der Waals surface area contributed by atoms with Crippen molar-refractivity contribution in [1.82, 2.24) is 10.0 Å². The van der Waals surface area contributed by atoms with Crippen molar-refractivity contribution in [3.63, 3.8) is 0 Å².